The average molecular weight is 401 g/mol. The van der Waals surface area contributed by atoms with Gasteiger partial charge in [0.1, 0.15) is 0 Å². The molecular weight excluding hydrogens is 376 g/mol. The third kappa shape index (κ3) is 4.72. The summed E-state index contributed by atoms with van der Waals surface area (Å²) in [5.74, 6) is -0.381. The molecule has 0 heterocycles. The zero-order valence-corrected chi connectivity index (χ0v) is 16.7. The Morgan fingerprint density at radius 1 is 1.11 bits per heavy atom. The van der Waals surface area contributed by atoms with Crippen molar-refractivity contribution in [1.29, 1.82) is 0 Å². The predicted molar refractivity (Wildman–Crippen MR) is 109 cm³/mol. The summed E-state index contributed by atoms with van der Waals surface area (Å²) in [5.41, 5.74) is 4.43. The second-order valence-electron chi connectivity index (χ2n) is 7.18. The maximum atomic E-state index is 12.7. The van der Waals surface area contributed by atoms with Crippen LogP contribution < -0.4 is 10.8 Å². The van der Waals surface area contributed by atoms with Crippen LogP contribution in [0.5, 0.6) is 0 Å². The van der Waals surface area contributed by atoms with Crippen LogP contribution in [0.1, 0.15) is 47.7 Å². The lowest BCUT2D eigenvalue weighted by atomic mass is 9.68. The first-order chi connectivity index (χ1) is 13.5. The molecule has 0 radical (unpaired) electrons. The normalized spacial score (nSPS) is 14.8. The molecule has 0 atom stereocenters. The molecule has 2 aromatic carbocycles. The van der Waals surface area contributed by atoms with Crippen LogP contribution >= 0.6 is 11.6 Å². The van der Waals surface area contributed by atoms with Gasteiger partial charge in [-0.15, -0.1) is 0 Å². The van der Waals surface area contributed by atoms with E-state index in [4.69, 9.17) is 16.4 Å². The molecule has 1 saturated carbocycles. The topological polar surface area (TPSA) is 67.4 Å². The van der Waals surface area contributed by atoms with E-state index in [0.717, 1.165) is 31.2 Å². The summed E-state index contributed by atoms with van der Waals surface area (Å²) >= 11 is 6.14. The Bertz CT molecular complexity index is 832. The Morgan fingerprint density at radius 2 is 1.82 bits per heavy atom. The molecule has 2 N–H and O–H groups in total. The lowest BCUT2D eigenvalue weighted by Crippen LogP contribution is -2.49. The first-order valence-electron chi connectivity index (χ1n) is 9.57. The highest BCUT2D eigenvalue weighted by Gasteiger charge is 2.44. The Kier molecular flexibility index (Phi) is 6.70. The molecule has 0 saturated heterocycles. The van der Waals surface area contributed by atoms with Crippen molar-refractivity contribution in [2.75, 3.05) is 6.61 Å². The van der Waals surface area contributed by atoms with E-state index in [1.54, 1.807) is 18.2 Å². The summed E-state index contributed by atoms with van der Waals surface area (Å²) in [4.78, 5) is 30.3. The molecule has 6 heteroatoms. The van der Waals surface area contributed by atoms with E-state index in [9.17, 15) is 9.59 Å². The highest BCUT2D eigenvalue weighted by Crippen LogP contribution is 2.41. The maximum Gasteiger partial charge on any atom is 0.274 e. The molecule has 0 aromatic heterocycles. The van der Waals surface area contributed by atoms with Crippen molar-refractivity contribution in [3.8, 4) is 0 Å². The van der Waals surface area contributed by atoms with Gasteiger partial charge in [0.05, 0.1) is 12.0 Å². The molecule has 0 spiro atoms. The third-order valence-electron chi connectivity index (χ3n) is 5.33. The number of halogens is 1. The van der Waals surface area contributed by atoms with Crippen LogP contribution in [0.2, 0.25) is 5.02 Å². The number of hydrogen-bond acceptors (Lipinski definition) is 3. The number of carbonyl (C=O) groups is 2. The Morgan fingerprint density at radius 3 is 2.43 bits per heavy atom. The smallest absolute Gasteiger partial charge is 0.274 e. The molecule has 0 unspecified atom stereocenters. The van der Waals surface area contributed by atoms with Gasteiger partial charge in [0.25, 0.3) is 5.91 Å². The molecule has 1 aliphatic rings. The fourth-order valence-corrected chi connectivity index (χ4v) is 3.44. The van der Waals surface area contributed by atoms with Crippen molar-refractivity contribution < 1.29 is 14.4 Å². The van der Waals surface area contributed by atoms with E-state index in [-0.39, 0.29) is 18.4 Å². The number of rotatable bonds is 8. The molecule has 0 bridgehead atoms. The molecule has 1 fully saturated rings. The van der Waals surface area contributed by atoms with Crippen molar-refractivity contribution in [1.82, 2.24) is 10.8 Å². The van der Waals surface area contributed by atoms with Gasteiger partial charge in [-0.3, -0.25) is 14.4 Å². The molecule has 0 aliphatic heterocycles. The Labute approximate surface area is 170 Å². The van der Waals surface area contributed by atoms with Crippen molar-refractivity contribution in [2.24, 2.45) is 5.41 Å². The zero-order valence-electron chi connectivity index (χ0n) is 16.0. The molecule has 2 amide bonds. The number of nitrogens with one attached hydrogen (secondary N) is 2. The molecule has 1 aliphatic carbocycles. The fourth-order valence-electron chi connectivity index (χ4n) is 3.24. The Balaban J connectivity index is 1.50. The van der Waals surface area contributed by atoms with Crippen molar-refractivity contribution in [3.05, 3.63) is 70.2 Å². The lowest BCUT2D eigenvalue weighted by Gasteiger charge is -2.39. The summed E-state index contributed by atoms with van der Waals surface area (Å²) < 4.78 is 0. The lowest BCUT2D eigenvalue weighted by molar-refractivity contribution is -0.144. The molecular formula is C22H25ClN2O3. The second-order valence-corrected chi connectivity index (χ2v) is 7.59. The van der Waals surface area contributed by atoms with E-state index >= 15 is 0 Å². The van der Waals surface area contributed by atoms with Crippen LogP contribution in [-0.2, 0) is 22.6 Å². The van der Waals surface area contributed by atoms with Crippen LogP contribution in [0, 0.1) is 5.41 Å². The number of aryl methyl sites for hydroxylation is 1. The molecule has 5 nitrogen and oxygen atoms in total. The summed E-state index contributed by atoms with van der Waals surface area (Å²) in [6, 6.07) is 14.8. The highest BCUT2D eigenvalue weighted by atomic mass is 35.5. The monoisotopic (exact) mass is 400 g/mol. The zero-order chi connectivity index (χ0) is 20.0. The quantitative estimate of drug-likeness (QED) is 0.657. The SMILES string of the molecule is CCc1ccc(C(=O)NOCC2(C(=O)NCc3ccccc3Cl)CCC2)cc1. The second kappa shape index (κ2) is 9.22. The largest absolute Gasteiger partial charge is 0.351 e. The first kappa shape index (κ1) is 20.4. The summed E-state index contributed by atoms with van der Waals surface area (Å²) in [5, 5.41) is 3.58. The summed E-state index contributed by atoms with van der Waals surface area (Å²) in [6.45, 7) is 2.59. The van der Waals surface area contributed by atoms with E-state index in [0.29, 0.717) is 17.1 Å². The van der Waals surface area contributed by atoms with Crippen LogP contribution in [0.15, 0.2) is 48.5 Å². The van der Waals surface area contributed by atoms with Crippen LogP contribution in [0.3, 0.4) is 0 Å². The number of carbonyl (C=O) groups excluding carboxylic acids is 2. The van der Waals surface area contributed by atoms with Crippen molar-refractivity contribution in [2.45, 2.75) is 39.2 Å². The maximum absolute atomic E-state index is 12.7. The van der Waals surface area contributed by atoms with Gasteiger partial charge >= 0.3 is 0 Å². The Hall–Kier alpha value is -2.37. The number of hydroxylamine groups is 1. The van der Waals surface area contributed by atoms with E-state index in [2.05, 4.69) is 17.7 Å². The number of amides is 2. The molecule has 3 rings (SSSR count). The van der Waals surface area contributed by atoms with Gasteiger partial charge in [-0.2, -0.15) is 0 Å². The first-order valence-corrected chi connectivity index (χ1v) is 9.95. The summed E-state index contributed by atoms with van der Waals surface area (Å²) in [6.07, 6.45) is 3.37. The molecule has 2 aromatic rings. The van der Waals surface area contributed by atoms with E-state index < -0.39 is 5.41 Å². The number of benzene rings is 2. The standard InChI is InChI=1S/C22H25ClN2O3/c1-2-16-8-10-17(11-9-16)20(26)25-28-15-22(12-5-13-22)21(27)24-14-18-6-3-4-7-19(18)23/h3-4,6-11H,2,5,12-15H2,1H3,(H,24,27)(H,25,26). The third-order valence-corrected chi connectivity index (χ3v) is 5.70. The van der Waals surface area contributed by atoms with Crippen LogP contribution in [-0.4, -0.2) is 18.4 Å². The summed E-state index contributed by atoms with van der Waals surface area (Å²) in [7, 11) is 0. The van der Waals surface area contributed by atoms with Gasteiger partial charge in [0, 0.05) is 17.1 Å². The minimum atomic E-state index is -0.597. The molecule has 148 valence electrons. The van der Waals surface area contributed by atoms with Gasteiger partial charge in [0.2, 0.25) is 5.91 Å². The van der Waals surface area contributed by atoms with Gasteiger partial charge in [-0.1, -0.05) is 55.3 Å². The minimum absolute atomic E-state index is 0.0692. The van der Waals surface area contributed by atoms with Gasteiger partial charge in [0.15, 0.2) is 0 Å². The van der Waals surface area contributed by atoms with Crippen LogP contribution in [0.4, 0.5) is 0 Å². The van der Waals surface area contributed by atoms with Crippen LogP contribution in [0.25, 0.3) is 0 Å². The van der Waals surface area contributed by atoms with Gasteiger partial charge in [-0.25, -0.2) is 5.48 Å². The molecule has 28 heavy (non-hydrogen) atoms. The minimum Gasteiger partial charge on any atom is -0.351 e. The average Bonchev–Trinajstić information content (AvgIpc) is 2.69. The van der Waals surface area contributed by atoms with Gasteiger partial charge < -0.3 is 5.32 Å². The van der Waals surface area contributed by atoms with Crippen molar-refractivity contribution in [3.63, 3.8) is 0 Å². The van der Waals surface area contributed by atoms with Crippen molar-refractivity contribution >= 4 is 23.4 Å². The fraction of sp³-hybridized carbons (Fsp3) is 0.364. The van der Waals surface area contributed by atoms with Gasteiger partial charge in [-0.05, 0) is 48.6 Å². The van der Waals surface area contributed by atoms with E-state index in [1.807, 2.05) is 30.3 Å². The predicted octanol–water partition coefficient (Wildman–Crippen LogP) is 4.05. The van der Waals surface area contributed by atoms with E-state index in [1.165, 1.54) is 5.56 Å². The highest BCUT2D eigenvalue weighted by molar-refractivity contribution is 6.31. The number of hydrogen-bond donors (Lipinski definition) is 2.